The Labute approximate surface area is 127 Å². The van der Waals surface area contributed by atoms with Gasteiger partial charge in [0.2, 0.25) is 5.91 Å². The average Bonchev–Trinajstić information content (AvgIpc) is 2.32. The monoisotopic (exact) mass is 290 g/mol. The molecule has 2 unspecified atom stereocenters. The van der Waals surface area contributed by atoms with E-state index in [0.29, 0.717) is 0 Å². The maximum atomic E-state index is 11.5. The molecule has 1 amide bonds. The number of benzene rings is 1. The van der Waals surface area contributed by atoms with Crippen LogP contribution in [-0.2, 0) is 4.79 Å². The molecule has 1 heterocycles. The zero-order valence-electron chi connectivity index (χ0n) is 13.8. The van der Waals surface area contributed by atoms with Crippen molar-refractivity contribution in [2.75, 3.05) is 0 Å². The second-order valence-corrected chi connectivity index (χ2v) is 6.74. The summed E-state index contributed by atoms with van der Waals surface area (Å²) in [7, 11) is 0. The van der Waals surface area contributed by atoms with E-state index < -0.39 is 0 Å². The summed E-state index contributed by atoms with van der Waals surface area (Å²) < 4.78 is 6.19. The SMILES string of the molecule is CC(=O)NC1CC(C)(C)Oc2c1cc(C(C)N)c(C)c2C. The van der Waals surface area contributed by atoms with Crippen LogP contribution < -0.4 is 15.8 Å². The van der Waals surface area contributed by atoms with E-state index in [2.05, 4.69) is 39.1 Å². The molecule has 1 aliphatic heterocycles. The molecule has 0 radical (unpaired) electrons. The van der Waals surface area contributed by atoms with Crippen molar-refractivity contribution in [2.45, 2.75) is 65.6 Å². The molecular formula is C17H26N2O2. The first kappa shape index (κ1) is 15.8. The molecule has 0 aliphatic carbocycles. The third-order valence-electron chi connectivity index (χ3n) is 4.23. The summed E-state index contributed by atoms with van der Waals surface area (Å²) in [4.78, 5) is 11.5. The minimum Gasteiger partial charge on any atom is -0.487 e. The summed E-state index contributed by atoms with van der Waals surface area (Å²) in [6.45, 7) is 11.8. The lowest BCUT2D eigenvalue weighted by molar-refractivity contribution is -0.120. The standard InChI is InChI=1S/C17H26N2O2/c1-9-10(2)16-14(7-13(9)11(3)18)15(19-12(4)20)8-17(5,6)21-16/h7,11,15H,8,18H2,1-6H3,(H,19,20). The number of rotatable bonds is 2. The van der Waals surface area contributed by atoms with Gasteiger partial charge in [-0.3, -0.25) is 4.79 Å². The lowest BCUT2D eigenvalue weighted by Gasteiger charge is -2.39. The molecular weight excluding hydrogens is 264 g/mol. The summed E-state index contributed by atoms with van der Waals surface area (Å²) >= 11 is 0. The van der Waals surface area contributed by atoms with Crippen molar-refractivity contribution in [1.29, 1.82) is 0 Å². The zero-order chi connectivity index (χ0) is 15.9. The van der Waals surface area contributed by atoms with Crippen LogP contribution in [0.25, 0.3) is 0 Å². The van der Waals surface area contributed by atoms with E-state index in [9.17, 15) is 4.79 Å². The summed E-state index contributed by atoms with van der Waals surface area (Å²) in [5.74, 6) is 0.871. The minimum atomic E-state index is -0.298. The quantitative estimate of drug-likeness (QED) is 0.880. The van der Waals surface area contributed by atoms with Gasteiger partial charge in [0.05, 0.1) is 6.04 Å². The highest BCUT2D eigenvalue weighted by Crippen LogP contribution is 2.44. The van der Waals surface area contributed by atoms with E-state index in [-0.39, 0.29) is 23.6 Å². The van der Waals surface area contributed by atoms with Crippen LogP contribution in [0.2, 0.25) is 0 Å². The molecule has 0 saturated heterocycles. The van der Waals surface area contributed by atoms with E-state index in [1.807, 2.05) is 6.92 Å². The molecule has 0 aromatic heterocycles. The molecule has 0 fully saturated rings. The molecule has 0 bridgehead atoms. The molecule has 4 heteroatoms. The Balaban J connectivity index is 2.61. The lowest BCUT2D eigenvalue weighted by Crippen LogP contribution is -2.41. The highest BCUT2D eigenvalue weighted by molar-refractivity contribution is 5.74. The molecule has 2 atom stereocenters. The van der Waals surface area contributed by atoms with Gasteiger partial charge in [-0.1, -0.05) is 0 Å². The molecule has 116 valence electrons. The molecule has 0 saturated carbocycles. The average molecular weight is 290 g/mol. The molecule has 3 N–H and O–H groups in total. The molecule has 4 nitrogen and oxygen atoms in total. The Morgan fingerprint density at radius 3 is 2.57 bits per heavy atom. The molecule has 1 aromatic carbocycles. The second-order valence-electron chi connectivity index (χ2n) is 6.74. The molecule has 2 rings (SSSR count). The van der Waals surface area contributed by atoms with Gasteiger partial charge in [-0.05, 0) is 57.4 Å². The van der Waals surface area contributed by atoms with E-state index in [1.165, 1.54) is 5.56 Å². The highest BCUT2D eigenvalue weighted by Gasteiger charge is 2.36. The lowest BCUT2D eigenvalue weighted by atomic mass is 9.84. The van der Waals surface area contributed by atoms with Crippen LogP contribution in [0.3, 0.4) is 0 Å². The zero-order valence-corrected chi connectivity index (χ0v) is 13.8. The van der Waals surface area contributed by atoms with Crippen LogP contribution in [0.1, 0.15) is 68.5 Å². The maximum Gasteiger partial charge on any atom is 0.217 e. The van der Waals surface area contributed by atoms with Gasteiger partial charge in [-0.15, -0.1) is 0 Å². The Morgan fingerprint density at radius 2 is 2.05 bits per heavy atom. The van der Waals surface area contributed by atoms with Gasteiger partial charge in [-0.25, -0.2) is 0 Å². The van der Waals surface area contributed by atoms with E-state index in [4.69, 9.17) is 10.5 Å². The van der Waals surface area contributed by atoms with Crippen molar-refractivity contribution in [3.63, 3.8) is 0 Å². The van der Waals surface area contributed by atoms with Crippen molar-refractivity contribution in [3.05, 3.63) is 28.3 Å². The van der Waals surface area contributed by atoms with Gasteiger partial charge >= 0.3 is 0 Å². The largest absolute Gasteiger partial charge is 0.487 e. The Bertz CT molecular complexity index is 577. The van der Waals surface area contributed by atoms with E-state index in [0.717, 1.165) is 28.9 Å². The summed E-state index contributed by atoms with van der Waals surface area (Å²) in [5.41, 5.74) is 10.2. The molecule has 21 heavy (non-hydrogen) atoms. The number of carbonyl (C=O) groups is 1. The van der Waals surface area contributed by atoms with Gasteiger partial charge < -0.3 is 15.8 Å². The summed E-state index contributed by atoms with van der Waals surface area (Å²) in [6.07, 6.45) is 0.750. The number of ether oxygens (including phenoxy) is 1. The van der Waals surface area contributed by atoms with Crippen molar-refractivity contribution in [3.8, 4) is 5.75 Å². The van der Waals surface area contributed by atoms with Crippen LogP contribution in [0.15, 0.2) is 6.07 Å². The minimum absolute atomic E-state index is 0.0239. The predicted molar refractivity (Wildman–Crippen MR) is 84.4 cm³/mol. The Morgan fingerprint density at radius 1 is 1.43 bits per heavy atom. The second kappa shape index (κ2) is 5.34. The van der Waals surface area contributed by atoms with Gasteiger partial charge in [0.15, 0.2) is 0 Å². The number of amides is 1. The van der Waals surface area contributed by atoms with E-state index in [1.54, 1.807) is 6.92 Å². The van der Waals surface area contributed by atoms with Gasteiger partial charge in [0.25, 0.3) is 0 Å². The third kappa shape index (κ3) is 3.05. The molecule has 0 spiro atoms. The Hall–Kier alpha value is -1.55. The number of nitrogens with one attached hydrogen (secondary N) is 1. The van der Waals surface area contributed by atoms with Crippen LogP contribution in [0.5, 0.6) is 5.75 Å². The fraction of sp³-hybridized carbons (Fsp3) is 0.588. The van der Waals surface area contributed by atoms with Crippen LogP contribution in [-0.4, -0.2) is 11.5 Å². The van der Waals surface area contributed by atoms with Crippen molar-refractivity contribution in [1.82, 2.24) is 5.32 Å². The fourth-order valence-corrected chi connectivity index (χ4v) is 3.11. The number of hydrogen-bond donors (Lipinski definition) is 2. The maximum absolute atomic E-state index is 11.5. The highest BCUT2D eigenvalue weighted by atomic mass is 16.5. The first-order chi connectivity index (χ1) is 9.62. The van der Waals surface area contributed by atoms with Crippen LogP contribution in [0, 0.1) is 13.8 Å². The summed E-state index contributed by atoms with van der Waals surface area (Å²) in [5, 5.41) is 3.05. The van der Waals surface area contributed by atoms with Gasteiger partial charge in [0, 0.05) is 24.9 Å². The van der Waals surface area contributed by atoms with E-state index >= 15 is 0 Å². The van der Waals surface area contributed by atoms with Crippen molar-refractivity contribution >= 4 is 5.91 Å². The molecule has 1 aromatic rings. The number of carbonyl (C=O) groups excluding carboxylic acids is 1. The number of hydrogen-bond acceptors (Lipinski definition) is 3. The van der Waals surface area contributed by atoms with Crippen LogP contribution >= 0.6 is 0 Å². The smallest absolute Gasteiger partial charge is 0.217 e. The van der Waals surface area contributed by atoms with Gasteiger partial charge in [0.1, 0.15) is 11.4 Å². The topological polar surface area (TPSA) is 64.3 Å². The fourth-order valence-electron chi connectivity index (χ4n) is 3.11. The van der Waals surface area contributed by atoms with Crippen molar-refractivity contribution in [2.24, 2.45) is 5.73 Å². The van der Waals surface area contributed by atoms with Gasteiger partial charge in [-0.2, -0.15) is 0 Å². The van der Waals surface area contributed by atoms with Crippen molar-refractivity contribution < 1.29 is 9.53 Å². The number of nitrogens with two attached hydrogens (primary N) is 1. The molecule has 1 aliphatic rings. The first-order valence-electron chi connectivity index (χ1n) is 7.48. The summed E-state index contributed by atoms with van der Waals surface area (Å²) in [6, 6.07) is 2.03. The number of fused-ring (bicyclic) bond motifs is 1. The van der Waals surface area contributed by atoms with Crippen LogP contribution in [0.4, 0.5) is 0 Å². The predicted octanol–water partition coefficient (Wildman–Crippen LogP) is 3.06. The third-order valence-corrected chi connectivity index (χ3v) is 4.23. The Kier molecular flexibility index (Phi) is 4.02. The first-order valence-corrected chi connectivity index (χ1v) is 7.48. The normalized spacial score (nSPS) is 21.2.